The predicted octanol–water partition coefficient (Wildman–Crippen LogP) is 3.27. The zero-order valence-electron chi connectivity index (χ0n) is 15.9. The second kappa shape index (κ2) is 9.65. The standard InChI is InChI=1S/C20H27N3O3/c1-5-6-11-23(2)16-8-9-17(21-14-16)20(24)22-13-15-7-10-18(25-3)19(12-15)26-4/h7-10,12,14H,5-6,11,13H2,1-4H3,(H,22,24). The van der Waals surface area contributed by atoms with Crippen LogP contribution >= 0.6 is 0 Å². The van der Waals surface area contributed by atoms with Gasteiger partial charge in [-0.05, 0) is 36.2 Å². The van der Waals surface area contributed by atoms with Gasteiger partial charge in [0.1, 0.15) is 5.69 Å². The van der Waals surface area contributed by atoms with E-state index in [2.05, 4.69) is 22.1 Å². The Morgan fingerprint density at radius 2 is 1.92 bits per heavy atom. The second-order valence-corrected chi connectivity index (χ2v) is 6.05. The minimum atomic E-state index is -0.206. The number of pyridine rings is 1. The number of carbonyl (C=O) groups excluding carboxylic acids is 1. The van der Waals surface area contributed by atoms with Crippen molar-refractivity contribution in [3.05, 3.63) is 47.8 Å². The van der Waals surface area contributed by atoms with Crippen molar-refractivity contribution in [1.82, 2.24) is 10.3 Å². The maximum atomic E-state index is 12.3. The Balaban J connectivity index is 1.95. The Kier molecular flexibility index (Phi) is 7.26. The van der Waals surface area contributed by atoms with Gasteiger partial charge in [-0.25, -0.2) is 4.98 Å². The van der Waals surface area contributed by atoms with Crippen molar-refractivity contribution in [2.45, 2.75) is 26.3 Å². The number of aromatic nitrogens is 1. The van der Waals surface area contributed by atoms with Crippen LogP contribution in [-0.2, 0) is 6.54 Å². The number of rotatable bonds is 9. The van der Waals surface area contributed by atoms with E-state index in [0.29, 0.717) is 23.7 Å². The van der Waals surface area contributed by atoms with Gasteiger partial charge in [-0.3, -0.25) is 4.79 Å². The average Bonchev–Trinajstić information content (AvgIpc) is 2.69. The number of hydrogen-bond acceptors (Lipinski definition) is 5. The number of hydrogen-bond donors (Lipinski definition) is 1. The summed E-state index contributed by atoms with van der Waals surface area (Å²) in [5.74, 6) is 1.09. The van der Waals surface area contributed by atoms with Gasteiger partial charge in [-0.1, -0.05) is 19.4 Å². The van der Waals surface area contributed by atoms with Crippen LogP contribution in [0.15, 0.2) is 36.5 Å². The molecule has 0 unspecified atom stereocenters. The SMILES string of the molecule is CCCCN(C)c1ccc(C(=O)NCc2ccc(OC)c(OC)c2)nc1. The molecular weight excluding hydrogens is 330 g/mol. The Morgan fingerprint density at radius 1 is 1.15 bits per heavy atom. The molecule has 140 valence electrons. The van der Waals surface area contributed by atoms with E-state index in [9.17, 15) is 4.79 Å². The molecule has 6 heteroatoms. The first-order valence-electron chi connectivity index (χ1n) is 8.75. The highest BCUT2D eigenvalue weighted by atomic mass is 16.5. The molecule has 0 aliphatic heterocycles. The smallest absolute Gasteiger partial charge is 0.270 e. The van der Waals surface area contributed by atoms with Crippen LogP contribution in [0.25, 0.3) is 0 Å². The highest BCUT2D eigenvalue weighted by Gasteiger charge is 2.10. The summed E-state index contributed by atoms with van der Waals surface area (Å²) >= 11 is 0. The van der Waals surface area contributed by atoms with E-state index >= 15 is 0 Å². The van der Waals surface area contributed by atoms with E-state index in [1.54, 1.807) is 26.5 Å². The van der Waals surface area contributed by atoms with Gasteiger partial charge in [-0.15, -0.1) is 0 Å². The van der Waals surface area contributed by atoms with Crippen molar-refractivity contribution in [2.24, 2.45) is 0 Å². The van der Waals surface area contributed by atoms with Crippen LogP contribution in [0.3, 0.4) is 0 Å². The van der Waals surface area contributed by atoms with Gasteiger partial charge >= 0.3 is 0 Å². The van der Waals surface area contributed by atoms with Crippen molar-refractivity contribution >= 4 is 11.6 Å². The lowest BCUT2D eigenvalue weighted by molar-refractivity contribution is 0.0946. The van der Waals surface area contributed by atoms with Crippen LogP contribution in [0, 0.1) is 0 Å². The van der Waals surface area contributed by atoms with Crippen molar-refractivity contribution < 1.29 is 14.3 Å². The van der Waals surface area contributed by atoms with E-state index < -0.39 is 0 Å². The summed E-state index contributed by atoms with van der Waals surface area (Å²) in [6, 6.07) is 9.23. The molecule has 26 heavy (non-hydrogen) atoms. The Labute approximate surface area is 155 Å². The van der Waals surface area contributed by atoms with Crippen LogP contribution < -0.4 is 19.7 Å². The zero-order chi connectivity index (χ0) is 18.9. The fourth-order valence-corrected chi connectivity index (χ4v) is 2.53. The first-order chi connectivity index (χ1) is 12.6. The maximum Gasteiger partial charge on any atom is 0.270 e. The molecule has 0 bridgehead atoms. The molecule has 6 nitrogen and oxygen atoms in total. The molecule has 1 aromatic heterocycles. The molecule has 2 aromatic rings. The second-order valence-electron chi connectivity index (χ2n) is 6.05. The lowest BCUT2D eigenvalue weighted by Gasteiger charge is -2.18. The Morgan fingerprint density at radius 3 is 2.54 bits per heavy atom. The van der Waals surface area contributed by atoms with Crippen molar-refractivity contribution in [1.29, 1.82) is 0 Å². The summed E-state index contributed by atoms with van der Waals surface area (Å²) in [5.41, 5.74) is 2.33. The molecule has 0 fully saturated rings. The number of nitrogens with zero attached hydrogens (tertiary/aromatic N) is 2. The van der Waals surface area contributed by atoms with Gasteiger partial charge in [0, 0.05) is 20.1 Å². The summed E-state index contributed by atoms with van der Waals surface area (Å²) in [7, 11) is 5.21. The fourth-order valence-electron chi connectivity index (χ4n) is 2.53. The molecule has 1 N–H and O–H groups in total. The van der Waals surface area contributed by atoms with Crippen LogP contribution in [0.5, 0.6) is 11.5 Å². The first-order valence-corrected chi connectivity index (χ1v) is 8.75. The summed E-state index contributed by atoms with van der Waals surface area (Å²) < 4.78 is 10.5. The lowest BCUT2D eigenvalue weighted by Crippen LogP contribution is -2.24. The molecule has 0 radical (unpaired) electrons. The van der Waals surface area contributed by atoms with E-state index in [4.69, 9.17) is 9.47 Å². The number of benzene rings is 1. The zero-order valence-corrected chi connectivity index (χ0v) is 15.9. The quantitative estimate of drug-likeness (QED) is 0.746. The van der Waals surface area contributed by atoms with Crippen LogP contribution in [0.4, 0.5) is 5.69 Å². The van der Waals surface area contributed by atoms with Crippen molar-refractivity contribution in [3.8, 4) is 11.5 Å². The van der Waals surface area contributed by atoms with Crippen molar-refractivity contribution in [2.75, 3.05) is 32.7 Å². The average molecular weight is 357 g/mol. The maximum absolute atomic E-state index is 12.3. The molecule has 0 aliphatic rings. The van der Waals surface area contributed by atoms with Gasteiger partial charge in [0.25, 0.3) is 5.91 Å². The molecule has 0 spiro atoms. The lowest BCUT2D eigenvalue weighted by atomic mass is 10.2. The third-order valence-electron chi connectivity index (χ3n) is 4.17. The highest BCUT2D eigenvalue weighted by Crippen LogP contribution is 2.27. The molecule has 0 aliphatic carbocycles. The molecule has 1 heterocycles. The van der Waals surface area contributed by atoms with E-state index in [-0.39, 0.29) is 5.91 Å². The van der Waals surface area contributed by atoms with E-state index in [1.807, 2.05) is 31.3 Å². The molecule has 0 saturated heterocycles. The van der Waals surface area contributed by atoms with Crippen LogP contribution in [0.2, 0.25) is 0 Å². The van der Waals surface area contributed by atoms with Gasteiger partial charge < -0.3 is 19.7 Å². The van der Waals surface area contributed by atoms with Gasteiger partial charge in [-0.2, -0.15) is 0 Å². The topological polar surface area (TPSA) is 63.7 Å². The number of methoxy groups -OCH3 is 2. The first kappa shape index (κ1) is 19.6. The monoisotopic (exact) mass is 357 g/mol. The normalized spacial score (nSPS) is 10.3. The molecule has 1 amide bonds. The number of anilines is 1. The molecule has 1 aromatic carbocycles. The number of nitrogens with one attached hydrogen (secondary N) is 1. The molecular formula is C20H27N3O3. The highest BCUT2D eigenvalue weighted by molar-refractivity contribution is 5.92. The van der Waals surface area contributed by atoms with Crippen molar-refractivity contribution in [3.63, 3.8) is 0 Å². The van der Waals surface area contributed by atoms with Crippen LogP contribution in [0.1, 0.15) is 35.8 Å². The number of amides is 1. The third kappa shape index (κ3) is 5.12. The molecule has 0 atom stereocenters. The van der Waals surface area contributed by atoms with E-state index in [1.165, 1.54) is 0 Å². The molecule has 0 saturated carbocycles. The summed E-state index contributed by atoms with van der Waals surface area (Å²) in [4.78, 5) is 18.7. The third-order valence-corrected chi connectivity index (χ3v) is 4.17. The van der Waals surface area contributed by atoms with Gasteiger partial charge in [0.2, 0.25) is 0 Å². The fraction of sp³-hybridized carbons (Fsp3) is 0.400. The number of carbonyl (C=O) groups is 1. The summed E-state index contributed by atoms with van der Waals surface area (Å²) in [6.07, 6.45) is 4.01. The minimum Gasteiger partial charge on any atom is -0.493 e. The Bertz CT molecular complexity index is 717. The Hall–Kier alpha value is -2.76. The van der Waals surface area contributed by atoms with Gasteiger partial charge in [0.05, 0.1) is 26.1 Å². The number of unbranched alkanes of at least 4 members (excludes halogenated alkanes) is 1. The summed E-state index contributed by atoms with van der Waals surface area (Å²) in [5, 5.41) is 2.88. The number of ether oxygens (including phenoxy) is 2. The molecule has 2 rings (SSSR count). The minimum absolute atomic E-state index is 0.206. The summed E-state index contributed by atoms with van der Waals surface area (Å²) in [6.45, 7) is 3.53. The predicted molar refractivity (Wildman–Crippen MR) is 103 cm³/mol. The van der Waals surface area contributed by atoms with Crippen LogP contribution in [-0.4, -0.2) is 38.7 Å². The van der Waals surface area contributed by atoms with Gasteiger partial charge in [0.15, 0.2) is 11.5 Å². The largest absolute Gasteiger partial charge is 0.493 e. The van der Waals surface area contributed by atoms with E-state index in [0.717, 1.165) is 30.6 Å².